The third-order valence-corrected chi connectivity index (χ3v) is 3.10. The highest BCUT2D eigenvalue weighted by Gasteiger charge is 2.20. The molecule has 0 saturated carbocycles. The molecule has 3 nitrogen and oxygen atoms in total. The van der Waals surface area contributed by atoms with E-state index in [1.54, 1.807) is 0 Å². The van der Waals surface area contributed by atoms with Gasteiger partial charge in [0, 0.05) is 11.8 Å². The molecule has 0 bridgehead atoms. The number of nitrogens with one attached hydrogen (secondary N) is 1. The lowest BCUT2D eigenvalue weighted by Gasteiger charge is -2.25. The second-order valence-electron chi connectivity index (χ2n) is 4.56. The SMILES string of the molecule is CC(C)(C)OC(=O)NC1CCCSC1. The highest BCUT2D eigenvalue weighted by atomic mass is 32.2. The number of thioether (sulfide) groups is 1. The second-order valence-corrected chi connectivity index (χ2v) is 5.71. The Bertz CT molecular complexity index is 195. The molecule has 1 aliphatic rings. The molecule has 0 aromatic carbocycles. The van der Waals surface area contributed by atoms with E-state index in [4.69, 9.17) is 4.74 Å². The Morgan fingerprint density at radius 1 is 1.50 bits per heavy atom. The standard InChI is InChI=1S/C10H19NO2S/c1-10(2,3)13-9(12)11-8-5-4-6-14-7-8/h8H,4-7H2,1-3H3,(H,11,12). The van der Waals surface area contributed by atoms with Crippen molar-refractivity contribution < 1.29 is 9.53 Å². The van der Waals surface area contributed by atoms with Crippen molar-refractivity contribution in [3.8, 4) is 0 Å². The van der Waals surface area contributed by atoms with Crippen LogP contribution in [0.1, 0.15) is 33.6 Å². The van der Waals surface area contributed by atoms with E-state index >= 15 is 0 Å². The number of ether oxygens (including phenoxy) is 1. The third-order valence-electron chi connectivity index (χ3n) is 1.88. The third kappa shape index (κ3) is 4.74. The van der Waals surface area contributed by atoms with Gasteiger partial charge in [-0.25, -0.2) is 4.79 Å². The number of hydrogen-bond acceptors (Lipinski definition) is 3. The number of hydrogen-bond donors (Lipinski definition) is 1. The van der Waals surface area contributed by atoms with Gasteiger partial charge in [-0.2, -0.15) is 11.8 Å². The molecule has 1 aliphatic heterocycles. The van der Waals surface area contributed by atoms with Crippen molar-refractivity contribution in [2.75, 3.05) is 11.5 Å². The molecule has 1 rings (SSSR count). The molecule has 0 aromatic rings. The monoisotopic (exact) mass is 217 g/mol. The van der Waals surface area contributed by atoms with Crippen LogP contribution < -0.4 is 5.32 Å². The fourth-order valence-corrected chi connectivity index (χ4v) is 2.40. The van der Waals surface area contributed by atoms with Crippen LogP contribution in [0.2, 0.25) is 0 Å². The molecular weight excluding hydrogens is 198 g/mol. The van der Waals surface area contributed by atoms with Gasteiger partial charge < -0.3 is 10.1 Å². The van der Waals surface area contributed by atoms with Gasteiger partial charge in [-0.05, 0) is 39.4 Å². The van der Waals surface area contributed by atoms with E-state index in [1.807, 2.05) is 32.5 Å². The van der Waals surface area contributed by atoms with Gasteiger partial charge in [0.25, 0.3) is 0 Å². The Labute approximate surface area is 90.0 Å². The summed E-state index contributed by atoms with van der Waals surface area (Å²) in [5, 5.41) is 2.89. The number of carbonyl (C=O) groups is 1. The summed E-state index contributed by atoms with van der Waals surface area (Å²) in [6.45, 7) is 5.63. The first-order chi connectivity index (χ1) is 6.47. The number of rotatable bonds is 1. The Balaban J connectivity index is 2.25. The fraction of sp³-hybridized carbons (Fsp3) is 0.900. The summed E-state index contributed by atoms with van der Waals surface area (Å²) in [5.74, 6) is 2.23. The average Bonchev–Trinajstić information content (AvgIpc) is 2.02. The summed E-state index contributed by atoms with van der Waals surface area (Å²) >= 11 is 1.89. The largest absolute Gasteiger partial charge is 0.444 e. The lowest BCUT2D eigenvalue weighted by molar-refractivity contribution is 0.0507. The molecule has 1 fully saturated rings. The zero-order valence-corrected chi connectivity index (χ0v) is 9.95. The van der Waals surface area contributed by atoms with Crippen molar-refractivity contribution in [2.45, 2.75) is 45.3 Å². The van der Waals surface area contributed by atoms with Gasteiger partial charge in [-0.15, -0.1) is 0 Å². The summed E-state index contributed by atoms with van der Waals surface area (Å²) in [5.41, 5.74) is -0.397. The van der Waals surface area contributed by atoms with E-state index in [-0.39, 0.29) is 6.09 Å². The average molecular weight is 217 g/mol. The zero-order chi connectivity index (χ0) is 10.6. The molecule has 4 heteroatoms. The van der Waals surface area contributed by atoms with Crippen LogP contribution in [-0.4, -0.2) is 29.2 Å². The van der Waals surface area contributed by atoms with Crippen LogP contribution in [0.4, 0.5) is 4.79 Å². The van der Waals surface area contributed by atoms with Crippen molar-refractivity contribution in [2.24, 2.45) is 0 Å². The van der Waals surface area contributed by atoms with E-state index < -0.39 is 5.60 Å². The van der Waals surface area contributed by atoms with Gasteiger partial charge >= 0.3 is 6.09 Å². The lowest BCUT2D eigenvalue weighted by Crippen LogP contribution is -2.41. The molecule has 82 valence electrons. The predicted molar refractivity (Wildman–Crippen MR) is 59.7 cm³/mol. The Morgan fingerprint density at radius 3 is 2.71 bits per heavy atom. The fourth-order valence-electron chi connectivity index (χ4n) is 1.33. The van der Waals surface area contributed by atoms with E-state index in [0.29, 0.717) is 6.04 Å². The molecule has 0 aliphatic carbocycles. The maximum Gasteiger partial charge on any atom is 0.407 e. The van der Waals surface area contributed by atoms with Crippen LogP contribution >= 0.6 is 11.8 Å². The van der Waals surface area contributed by atoms with Crippen LogP contribution in [0.25, 0.3) is 0 Å². The Hall–Kier alpha value is -0.380. The van der Waals surface area contributed by atoms with Gasteiger partial charge in [0.2, 0.25) is 0 Å². The normalized spacial score (nSPS) is 22.9. The van der Waals surface area contributed by atoms with Crippen molar-refractivity contribution in [3.05, 3.63) is 0 Å². The molecule has 0 radical (unpaired) electrons. The lowest BCUT2D eigenvalue weighted by atomic mass is 10.2. The van der Waals surface area contributed by atoms with Crippen molar-refractivity contribution in [3.63, 3.8) is 0 Å². The van der Waals surface area contributed by atoms with Crippen LogP contribution in [0.3, 0.4) is 0 Å². The van der Waals surface area contributed by atoms with Crippen LogP contribution in [0.15, 0.2) is 0 Å². The Morgan fingerprint density at radius 2 is 2.21 bits per heavy atom. The number of alkyl carbamates (subject to hydrolysis) is 1. The first kappa shape index (κ1) is 11.7. The number of carbonyl (C=O) groups excluding carboxylic acids is 1. The maximum absolute atomic E-state index is 11.4. The number of amides is 1. The van der Waals surface area contributed by atoms with E-state index in [0.717, 1.165) is 12.2 Å². The summed E-state index contributed by atoms with van der Waals surface area (Å²) in [6.07, 6.45) is 1.97. The first-order valence-electron chi connectivity index (χ1n) is 5.04. The molecule has 1 saturated heterocycles. The first-order valence-corrected chi connectivity index (χ1v) is 6.20. The van der Waals surface area contributed by atoms with Gasteiger partial charge in [-0.1, -0.05) is 0 Å². The smallest absolute Gasteiger partial charge is 0.407 e. The molecule has 1 heterocycles. The molecule has 1 N–H and O–H groups in total. The predicted octanol–water partition coefficient (Wildman–Crippen LogP) is 2.41. The second kappa shape index (κ2) is 4.91. The molecule has 0 aromatic heterocycles. The van der Waals surface area contributed by atoms with Crippen LogP contribution in [0.5, 0.6) is 0 Å². The highest BCUT2D eigenvalue weighted by molar-refractivity contribution is 7.99. The van der Waals surface area contributed by atoms with E-state index in [1.165, 1.54) is 12.2 Å². The minimum atomic E-state index is -0.397. The van der Waals surface area contributed by atoms with Gasteiger partial charge in [-0.3, -0.25) is 0 Å². The molecule has 1 unspecified atom stereocenters. The Kier molecular flexibility index (Phi) is 4.11. The quantitative estimate of drug-likeness (QED) is 0.733. The molecule has 14 heavy (non-hydrogen) atoms. The van der Waals surface area contributed by atoms with Gasteiger partial charge in [0.1, 0.15) is 5.60 Å². The maximum atomic E-state index is 11.4. The van der Waals surface area contributed by atoms with Crippen molar-refractivity contribution in [1.82, 2.24) is 5.32 Å². The van der Waals surface area contributed by atoms with Gasteiger partial charge in [0.05, 0.1) is 0 Å². The van der Waals surface area contributed by atoms with E-state index in [2.05, 4.69) is 5.32 Å². The zero-order valence-electron chi connectivity index (χ0n) is 9.13. The molecule has 0 spiro atoms. The summed E-state index contributed by atoms with van der Waals surface area (Å²) in [7, 11) is 0. The van der Waals surface area contributed by atoms with Gasteiger partial charge in [0.15, 0.2) is 0 Å². The molecule has 1 atom stereocenters. The van der Waals surface area contributed by atoms with Crippen LogP contribution in [-0.2, 0) is 4.74 Å². The molecular formula is C10H19NO2S. The van der Waals surface area contributed by atoms with Crippen molar-refractivity contribution >= 4 is 17.9 Å². The summed E-state index contributed by atoms with van der Waals surface area (Å²) < 4.78 is 5.18. The topological polar surface area (TPSA) is 38.3 Å². The summed E-state index contributed by atoms with van der Waals surface area (Å²) in [6, 6.07) is 0.295. The summed E-state index contributed by atoms with van der Waals surface area (Å²) in [4.78, 5) is 11.4. The highest BCUT2D eigenvalue weighted by Crippen LogP contribution is 2.17. The molecule has 1 amide bonds. The van der Waals surface area contributed by atoms with Crippen LogP contribution in [0, 0.1) is 0 Å². The minimum Gasteiger partial charge on any atom is -0.444 e. The van der Waals surface area contributed by atoms with Crippen molar-refractivity contribution in [1.29, 1.82) is 0 Å². The minimum absolute atomic E-state index is 0.287. The van der Waals surface area contributed by atoms with E-state index in [9.17, 15) is 4.79 Å².